The molecule has 0 atom stereocenters. The van der Waals surface area contributed by atoms with Gasteiger partial charge in [0.25, 0.3) is 0 Å². The largest absolute Gasteiger partial charge is 0.669 e. The Bertz CT molecular complexity index is 222. The van der Waals surface area contributed by atoms with Gasteiger partial charge in [-0.25, -0.2) is 0 Å². The molecule has 0 heterocycles. The molecule has 0 saturated heterocycles. The van der Waals surface area contributed by atoms with E-state index < -0.39 is 17.4 Å². The molecule has 0 aliphatic heterocycles. The second kappa shape index (κ2) is 7.16. The van der Waals surface area contributed by atoms with Crippen molar-refractivity contribution in [2.24, 2.45) is 0 Å². The van der Waals surface area contributed by atoms with E-state index in [1.165, 1.54) is 0 Å². The van der Waals surface area contributed by atoms with Crippen LogP contribution in [0, 0.1) is 0 Å². The van der Waals surface area contributed by atoms with E-state index in [0.717, 1.165) is 0 Å². The van der Waals surface area contributed by atoms with Crippen molar-refractivity contribution in [1.29, 1.82) is 0 Å². The number of hydrogen-bond acceptors (Lipinski definition) is 4. The van der Waals surface area contributed by atoms with E-state index in [4.69, 9.17) is 17.4 Å². The van der Waals surface area contributed by atoms with Crippen LogP contribution in [0.3, 0.4) is 0 Å². The van der Waals surface area contributed by atoms with Gasteiger partial charge in [-0.1, -0.05) is 20.8 Å². The minimum atomic E-state index is -2.98. The van der Waals surface area contributed by atoms with Crippen molar-refractivity contribution in [3.8, 4) is 0 Å². The van der Waals surface area contributed by atoms with E-state index in [2.05, 4.69) is 33.9 Å². The molecule has 0 radical (unpaired) electrons. The third kappa shape index (κ3) is 5.10. The first-order valence-electron chi connectivity index (χ1n) is 6.76. The van der Waals surface area contributed by atoms with Crippen molar-refractivity contribution in [1.82, 2.24) is 0 Å². The lowest BCUT2D eigenvalue weighted by Gasteiger charge is -2.41. The van der Waals surface area contributed by atoms with E-state index in [1.807, 2.05) is 20.8 Å². The van der Waals surface area contributed by atoms with Gasteiger partial charge in [0.15, 0.2) is 8.32 Å². The molecule has 0 amide bonds. The van der Waals surface area contributed by atoms with E-state index in [-0.39, 0.29) is 5.04 Å². The molecule has 0 saturated carbocycles. The third-order valence-electron chi connectivity index (χ3n) is 3.15. The zero-order chi connectivity index (χ0) is 14.4. The van der Waals surface area contributed by atoms with Gasteiger partial charge >= 0.3 is 9.05 Å². The van der Waals surface area contributed by atoms with Gasteiger partial charge in [0.2, 0.25) is 0 Å². The standard InChI is InChI=1S/C12H30O4Si2/c1-9-13-18(14-10-2,15-11-3)16-17(7,8)12(4,5)6/h9-11H2,1-8H3. The monoisotopic (exact) mass is 294 g/mol. The summed E-state index contributed by atoms with van der Waals surface area (Å²) in [4.78, 5) is 0. The fraction of sp³-hybridized carbons (Fsp3) is 1.00. The quantitative estimate of drug-likeness (QED) is 0.642. The van der Waals surface area contributed by atoms with Gasteiger partial charge in [-0.2, -0.15) is 0 Å². The normalized spacial score (nSPS) is 14.0. The highest BCUT2D eigenvalue weighted by molar-refractivity contribution is 6.81. The first-order chi connectivity index (χ1) is 8.14. The summed E-state index contributed by atoms with van der Waals surface area (Å²) in [5, 5.41) is 0.108. The predicted octanol–water partition coefficient (Wildman–Crippen LogP) is 3.55. The van der Waals surface area contributed by atoms with Crippen molar-refractivity contribution >= 4 is 17.4 Å². The number of hydrogen-bond donors (Lipinski definition) is 0. The molecule has 4 nitrogen and oxygen atoms in total. The minimum Gasteiger partial charge on any atom is -0.394 e. The lowest BCUT2D eigenvalue weighted by Crippen LogP contribution is -2.58. The lowest BCUT2D eigenvalue weighted by molar-refractivity contribution is 0.00546. The second-order valence-electron chi connectivity index (χ2n) is 5.66. The fourth-order valence-corrected chi connectivity index (χ4v) is 6.95. The molecule has 0 unspecified atom stereocenters. The summed E-state index contributed by atoms with van der Waals surface area (Å²) >= 11 is 0. The molecule has 0 aromatic rings. The molecule has 0 fully saturated rings. The smallest absolute Gasteiger partial charge is 0.394 e. The van der Waals surface area contributed by atoms with Crippen molar-refractivity contribution in [2.75, 3.05) is 19.8 Å². The van der Waals surface area contributed by atoms with Gasteiger partial charge < -0.3 is 17.4 Å². The Kier molecular flexibility index (Phi) is 7.27. The first-order valence-corrected chi connectivity index (χ1v) is 11.3. The third-order valence-corrected chi connectivity index (χ3v) is 11.7. The molecule has 0 aliphatic rings. The van der Waals surface area contributed by atoms with Crippen LogP contribution in [0.25, 0.3) is 0 Å². The van der Waals surface area contributed by atoms with Crippen molar-refractivity contribution in [3.63, 3.8) is 0 Å². The summed E-state index contributed by atoms with van der Waals surface area (Å²) in [6.45, 7) is 18.4. The van der Waals surface area contributed by atoms with Crippen LogP contribution in [0.2, 0.25) is 18.1 Å². The molecule has 110 valence electrons. The van der Waals surface area contributed by atoms with Crippen LogP contribution in [-0.2, 0) is 17.4 Å². The molecule has 0 aromatic carbocycles. The Balaban J connectivity index is 5.07. The Morgan fingerprint density at radius 2 is 1.11 bits per heavy atom. The summed E-state index contributed by atoms with van der Waals surface area (Å²) in [6.07, 6.45) is 0. The summed E-state index contributed by atoms with van der Waals surface area (Å²) in [7, 11) is -4.94. The molecular weight excluding hydrogens is 264 g/mol. The molecule has 0 aromatic heterocycles. The zero-order valence-electron chi connectivity index (χ0n) is 13.3. The Hall–Kier alpha value is 0.274. The SMILES string of the molecule is CCO[Si](OCC)(OCC)O[Si](C)(C)C(C)(C)C. The Morgan fingerprint density at radius 3 is 1.33 bits per heavy atom. The van der Waals surface area contributed by atoms with Crippen LogP contribution in [0.1, 0.15) is 41.5 Å². The summed E-state index contributed by atoms with van der Waals surface area (Å²) in [6, 6.07) is 0. The van der Waals surface area contributed by atoms with E-state index in [1.54, 1.807) is 0 Å². The van der Waals surface area contributed by atoms with Crippen LogP contribution in [-0.4, -0.2) is 37.2 Å². The van der Waals surface area contributed by atoms with Crippen LogP contribution in [0.15, 0.2) is 0 Å². The van der Waals surface area contributed by atoms with Crippen LogP contribution >= 0.6 is 0 Å². The second-order valence-corrected chi connectivity index (χ2v) is 12.9. The molecule has 0 N–H and O–H groups in total. The maximum absolute atomic E-state index is 6.32. The van der Waals surface area contributed by atoms with Crippen LogP contribution in [0.5, 0.6) is 0 Å². The Morgan fingerprint density at radius 1 is 0.778 bits per heavy atom. The van der Waals surface area contributed by atoms with Crippen molar-refractivity contribution < 1.29 is 17.4 Å². The van der Waals surface area contributed by atoms with E-state index in [0.29, 0.717) is 19.8 Å². The van der Waals surface area contributed by atoms with Gasteiger partial charge in [0.05, 0.1) is 0 Å². The van der Waals surface area contributed by atoms with Crippen LogP contribution < -0.4 is 0 Å². The van der Waals surface area contributed by atoms with Crippen molar-refractivity contribution in [3.05, 3.63) is 0 Å². The lowest BCUT2D eigenvalue weighted by atomic mass is 10.2. The first kappa shape index (κ1) is 18.3. The van der Waals surface area contributed by atoms with Gasteiger partial charge in [-0.3, -0.25) is 0 Å². The molecule has 0 spiro atoms. The fourth-order valence-electron chi connectivity index (χ4n) is 1.21. The maximum Gasteiger partial charge on any atom is 0.669 e. The van der Waals surface area contributed by atoms with Gasteiger partial charge in [-0.05, 0) is 38.9 Å². The summed E-state index contributed by atoms with van der Waals surface area (Å²) in [5.41, 5.74) is 0. The van der Waals surface area contributed by atoms with Gasteiger partial charge in [0, 0.05) is 19.8 Å². The summed E-state index contributed by atoms with van der Waals surface area (Å²) in [5.74, 6) is 0. The van der Waals surface area contributed by atoms with Gasteiger partial charge in [-0.15, -0.1) is 0 Å². The minimum absolute atomic E-state index is 0.108. The maximum atomic E-state index is 6.32. The molecular formula is C12H30O4Si2. The Labute approximate surface area is 115 Å². The van der Waals surface area contributed by atoms with E-state index >= 15 is 0 Å². The topological polar surface area (TPSA) is 36.9 Å². The highest BCUT2D eigenvalue weighted by Crippen LogP contribution is 2.38. The molecule has 6 heteroatoms. The van der Waals surface area contributed by atoms with Crippen molar-refractivity contribution in [2.45, 2.75) is 59.7 Å². The number of rotatable bonds is 8. The molecule has 0 bridgehead atoms. The molecule has 18 heavy (non-hydrogen) atoms. The van der Waals surface area contributed by atoms with E-state index in [9.17, 15) is 0 Å². The average molecular weight is 295 g/mol. The highest BCUT2D eigenvalue weighted by atomic mass is 28.5. The summed E-state index contributed by atoms with van der Waals surface area (Å²) < 4.78 is 23.6. The predicted molar refractivity (Wildman–Crippen MR) is 78.9 cm³/mol. The zero-order valence-corrected chi connectivity index (χ0v) is 15.3. The molecule has 0 rings (SSSR count). The molecule has 0 aliphatic carbocycles. The highest BCUT2D eigenvalue weighted by Gasteiger charge is 2.52. The average Bonchev–Trinajstić information content (AvgIpc) is 2.15. The van der Waals surface area contributed by atoms with Crippen LogP contribution in [0.4, 0.5) is 0 Å². The van der Waals surface area contributed by atoms with Gasteiger partial charge in [0.1, 0.15) is 0 Å².